The van der Waals surface area contributed by atoms with Gasteiger partial charge in [-0.1, -0.05) is 19.0 Å². The van der Waals surface area contributed by atoms with Crippen LogP contribution in [0.3, 0.4) is 0 Å². The van der Waals surface area contributed by atoms with Crippen molar-refractivity contribution in [3.05, 3.63) is 29.0 Å². The average molecular weight is 425 g/mol. The molecule has 156 valence electrons. The highest BCUT2D eigenvalue weighted by atomic mass is 35.5. The summed E-state index contributed by atoms with van der Waals surface area (Å²) in [5.74, 6) is -0.933. The number of halogens is 2. The molecular weight excluding hydrogens is 395 g/mol. The van der Waals surface area contributed by atoms with E-state index in [9.17, 15) is 12.8 Å². The smallest absolute Gasteiger partial charge is 0.245 e. The number of aliphatic hydroxyl groups excluding tert-OH is 2. The Morgan fingerprint density at radius 1 is 1.30 bits per heavy atom. The summed E-state index contributed by atoms with van der Waals surface area (Å²) < 4.78 is 39.7. The van der Waals surface area contributed by atoms with Crippen LogP contribution in [0.1, 0.15) is 33.1 Å². The molecule has 2 heterocycles. The molecule has 2 unspecified atom stereocenters. The molecule has 3 N–H and O–H groups in total. The predicted octanol–water partition coefficient (Wildman–Crippen LogP) is 2.24. The van der Waals surface area contributed by atoms with Gasteiger partial charge in [0.25, 0.3) is 0 Å². The quantitative estimate of drug-likeness (QED) is 0.692. The third kappa shape index (κ3) is 6.96. The number of nitrogens with zero attached hydrogens (tertiary/aromatic N) is 1. The van der Waals surface area contributed by atoms with Gasteiger partial charge < -0.3 is 15.5 Å². The summed E-state index contributed by atoms with van der Waals surface area (Å²) in [7, 11) is -3.86. The molecule has 0 amide bonds. The van der Waals surface area contributed by atoms with Crippen LogP contribution in [0.5, 0.6) is 0 Å². The molecule has 1 aromatic rings. The molecule has 2 fully saturated rings. The van der Waals surface area contributed by atoms with Crippen LogP contribution in [0.4, 0.5) is 4.39 Å². The van der Waals surface area contributed by atoms with Crippen molar-refractivity contribution < 1.29 is 23.0 Å². The zero-order valence-corrected chi connectivity index (χ0v) is 16.1. The van der Waals surface area contributed by atoms with E-state index < -0.39 is 15.8 Å². The first-order valence-electron chi connectivity index (χ1n) is 8.79. The number of nitrogens with one attached hydrogen (secondary N) is 1. The van der Waals surface area contributed by atoms with Crippen LogP contribution in [-0.4, -0.2) is 61.8 Å². The Hall–Kier alpha value is -0.770. The summed E-state index contributed by atoms with van der Waals surface area (Å²) >= 11 is 5.62. The topological polar surface area (TPSA) is 89.9 Å². The first-order chi connectivity index (χ1) is 12.3. The third-order valence-corrected chi connectivity index (χ3v) is 6.66. The fourth-order valence-corrected chi connectivity index (χ4v) is 4.81. The third-order valence-electron chi connectivity index (χ3n) is 4.52. The van der Waals surface area contributed by atoms with Crippen LogP contribution in [0.2, 0.25) is 5.02 Å². The molecule has 0 bridgehead atoms. The fourth-order valence-electron chi connectivity index (χ4n) is 3.05. The van der Waals surface area contributed by atoms with Gasteiger partial charge in [-0.05, 0) is 56.3 Å². The van der Waals surface area contributed by atoms with E-state index >= 15 is 0 Å². The predicted molar refractivity (Wildman–Crippen MR) is 105 cm³/mol. The molecule has 2 aliphatic heterocycles. The van der Waals surface area contributed by atoms with E-state index in [0.29, 0.717) is 13.0 Å². The number of hydrogen-bond acceptors (Lipinski definition) is 5. The second kappa shape index (κ2) is 11.3. The zero-order valence-electron chi connectivity index (χ0n) is 14.6. The summed E-state index contributed by atoms with van der Waals surface area (Å²) in [6.45, 7) is 2.38. The van der Waals surface area contributed by atoms with Gasteiger partial charge in [0.2, 0.25) is 10.0 Å². The molecule has 1 aromatic carbocycles. The average Bonchev–Trinajstić information content (AvgIpc) is 2.62. The van der Waals surface area contributed by atoms with E-state index in [-0.39, 0.29) is 42.5 Å². The molecule has 0 spiro atoms. The van der Waals surface area contributed by atoms with Gasteiger partial charge in [0.1, 0.15) is 10.7 Å². The van der Waals surface area contributed by atoms with Crippen molar-refractivity contribution in [2.24, 2.45) is 5.92 Å². The molecule has 3 rings (SSSR count). The first-order valence-corrected chi connectivity index (χ1v) is 10.6. The molecule has 2 saturated heterocycles. The van der Waals surface area contributed by atoms with Gasteiger partial charge in [-0.15, -0.1) is 0 Å². The lowest BCUT2D eigenvalue weighted by Crippen LogP contribution is -2.41. The molecule has 2 aliphatic rings. The van der Waals surface area contributed by atoms with Crippen molar-refractivity contribution in [3.8, 4) is 0 Å². The van der Waals surface area contributed by atoms with Crippen molar-refractivity contribution in [1.29, 1.82) is 0 Å². The lowest BCUT2D eigenvalue weighted by molar-refractivity contribution is 0.142. The Morgan fingerprint density at radius 2 is 2.04 bits per heavy atom. The van der Waals surface area contributed by atoms with Crippen LogP contribution >= 0.6 is 11.6 Å². The van der Waals surface area contributed by atoms with Crippen LogP contribution in [-0.2, 0) is 10.0 Å². The van der Waals surface area contributed by atoms with E-state index in [1.54, 1.807) is 0 Å². The van der Waals surface area contributed by atoms with Gasteiger partial charge >= 0.3 is 0 Å². The highest BCUT2D eigenvalue weighted by molar-refractivity contribution is 7.89. The Balaban J connectivity index is 0.000000385. The van der Waals surface area contributed by atoms with E-state index in [1.807, 2.05) is 0 Å². The molecule has 9 heteroatoms. The number of rotatable bonds is 3. The van der Waals surface area contributed by atoms with Crippen LogP contribution in [0.15, 0.2) is 23.1 Å². The number of hydrogen-bond donors (Lipinski definition) is 3. The highest BCUT2D eigenvalue weighted by Gasteiger charge is 2.31. The summed E-state index contributed by atoms with van der Waals surface area (Å²) in [6, 6.07) is 3.52. The van der Waals surface area contributed by atoms with Crippen molar-refractivity contribution >= 4 is 21.6 Å². The Labute approximate surface area is 166 Å². The molecule has 2 atom stereocenters. The minimum Gasteiger partial charge on any atom is -0.396 e. The van der Waals surface area contributed by atoms with Gasteiger partial charge in [0.05, 0.1) is 6.10 Å². The summed E-state index contributed by atoms with van der Waals surface area (Å²) in [5, 5.41) is 21.2. The molecule has 0 aliphatic carbocycles. The maximum atomic E-state index is 13.7. The number of benzene rings is 1. The Kier molecular flexibility index (Phi) is 10.1. The van der Waals surface area contributed by atoms with Gasteiger partial charge in [0, 0.05) is 31.3 Å². The van der Waals surface area contributed by atoms with Crippen molar-refractivity contribution in [2.75, 3.05) is 32.8 Å². The van der Waals surface area contributed by atoms with Crippen molar-refractivity contribution in [2.45, 2.75) is 44.1 Å². The summed E-state index contributed by atoms with van der Waals surface area (Å²) in [5.41, 5.74) is 0. The van der Waals surface area contributed by atoms with Gasteiger partial charge in [-0.25, -0.2) is 12.8 Å². The van der Waals surface area contributed by atoms with Crippen LogP contribution in [0, 0.1) is 11.7 Å². The maximum Gasteiger partial charge on any atom is 0.245 e. The molecule has 0 saturated carbocycles. The van der Waals surface area contributed by atoms with Gasteiger partial charge in [-0.3, -0.25) is 0 Å². The van der Waals surface area contributed by atoms with E-state index in [4.69, 9.17) is 21.8 Å². The molecular formula is C18H30ClFN2O4S. The zero-order chi connectivity index (χ0) is 19.2. The van der Waals surface area contributed by atoms with Crippen molar-refractivity contribution in [3.63, 3.8) is 0 Å². The number of sulfonamides is 1. The monoisotopic (exact) mass is 424 g/mol. The minimum absolute atomic E-state index is 0. The lowest BCUT2D eigenvalue weighted by Gasteiger charge is -2.31. The normalized spacial score (nSPS) is 23.7. The second-order valence-corrected chi connectivity index (χ2v) is 8.97. The molecule has 0 radical (unpaired) electrons. The second-order valence-electron chi connectivity index (χ2n) is 6.63. The minimum atomic E-state index is -3.86. The first kappa shape index (κ1) is 24.3. The standard InChI is InChI=1S/C12H15ClFNO3S.C5H11NO.CH4/c13-10-3-4-12(11(14)6-10)19(17,18)15-5-1-2-9(7-15)8-16;7-5-2-1-3-6-4-5;/h3-4,6,9,16H,1-2,5,7-8H2;5-7H,1-4H2;1H4. The summed E-state index contributed by atoms with van der Waals surface area (Å²) in [4.78, 5) is -0.365. The summed E-state index contributed by atoms with van der Waals surface area (Å²) in [6.07, 6.45) is 3.48. The number of aliphatic hydroxyl groups is 2. The fraction of sp³-hybridized carbons (Fsp3) is 0.667. The SMILES string of the molecule is C.O=S(=O)(c1ccc(Cl)cc1F)N1CCCC(CO)C1.OC1CCCNC1. The van der Waals surface area contributed by atoms with Gasteiger partial charge in [-0.2, -0.15) is 4.31 Å². The number of piperidine rings is 2. The van der Waals surface area contributed by atoms with E-state index in [0.717, 1.165) is 38.4 Å². The van der Waals surface area contributed by atoms with E-state index in [1.165, 1.54) is 16.4 Å². The Bertz CT molecular complexity index is 684. The van der Waals surface area contributed by atoms with Crippen LogP contribution < -0.4 is 5.32 Å². The molecule has 0 aromatic heterocycles. The van der Waals surface area contributed by atoms with E-state index in [2.05, 4.69) is 5.32 Å². The van der Waals surface area contributed by atoms with Crippen LogP contribution in [0.25, 0.3) is 0 Å². The highest BCUT2D eigenvalue weighted by Crippen LogP contribution is 2.26. The Morgan fingerprint density at radius 3 is 2.56 bits per heavy atom. The maximum absolute atomic E-state index is 13.7. The lowest BCUT2D eigenvalue weighted by atomic mass is 10.0. The number of β-amino-alcohol motifs (C(OH)–C–C–N with tert-alkyl or cyclic N) is 1. The largest absolute Gasteiger partial charge is 0.396 e. The van der Waals surface area contributed by atoms with Crippen molar-refractivity contribution in [1.82, 2.24) is 9.62 Å². The van der Waals surface area contributed by atoms with Gasteiger partial charge in [0.15, 0.2) is 0 Å². The molecule has 6 nitrogen and oxygen atoms in total. The molecule has 27 heavy (non-hydrogen) atoms.